The lowest BCUT2D eigenvalue weighted by atomic mass is 9.82. The molecule has 182 valence electrons. The molecule has 33 heavy (non-hydrogen) atoms. The van der Waals surface area contributed by atoms with Crippen molar-refractivity contribution >= 4 is 29.2 Å². The van der Waals surface area contributed by atoms with Crippen molar-refractivity contribution in [2.24, 2.45) is 17.8 Å². The molecule has 0 fully saturated rings. The number of Topliss-reactive ketones (excluding diaryl/α,β-unsaturated/α-hetero) is 1. The summed E-state index contributed by atoms with van der Waals surface area (Å²) in [5, 5.41) is 24.1. The predicted molar refractivity (Wildman–Crippen MR) is 132 cm³/mol. The Bertz CT molecular complexity index is 916. The van der Waals surface area contributed by atoms with E-state index in [0.717, 1.165) is 21.8 Å². The molecule has 6 unspecified atom stereocenters. The zero-order chi connectivity index (χ0) is 24.7. The maximum Gasteiger partial charge on any atom is 0.309 e. The lowest BCUT2D eigenvalue weighted by Crippen LogP contribution is -2.38. The van der Waals surface area contributed by atoms with Crippen LogP contribution in [-0.4, -0.2) is 45.3 Å². The number of aliphatic hydroxyl groups excluding tert-OH is 2. The van der Waals surface area contributed by atoms with Gasteiger partial charge in [0, 0.05) is 23.6 Å². The number of carbonyl (C=O) groups excluding carboxylic acids is 2. The number of hydrogen-bond donors (Lipinski definition) is 2. The molecule has 0 aliphatic carbocycles. The Morgan fingerprint density at radius 3 is 2.48 bits per heavy atom. The molecule has 1 aromatic rings. The van der Waals surface area contributed by atoms with E-state index in [1.165, 1.54) is 0 Å². The summed E-state index contributed by atoms with van der Waals surface area (Å²) in [6.07, 6.45) is 6.20. The number of allylic oxidation sites excluding steroid dienone is 3. The largest absolute Gasteiger partial charge is 0.457 e. The monoisotopic (exact) mass is 475 g/mol. The molecule has 0 aromatic carbocycles. The lowest BCUT2D eigenvalue weighted by Gasteiger charge is -2.27. The van der Waals surface area contributed by atoms with E-state index in [-0.39, 0.29) is 18.1 Å². The van der Waals surface area contributed by atoms with Gasteiger partial charge >= 0.3 is 5.97 Å². The van der Waals surface area contributed by atoms with Crippen LogP contribution in [0.5, 0.6) is 0 Å². The second kappa shape index (κ2) is 12.4. The summed E-state index contributed by atoms with van der Waals surface area (Å²) in [4.78, 5) is 29.9. The zero-order valence-electron chi connectivity index (χ0n) is 20.4. The van der Waals surface area contributed by atoms with Crippen LogP contribution in [0.2, 0.25) is 0 Å². The fourth-order valence-electron chi connectivity index (χ4n) is 3.89. The van der Waals surface area contributed by atoms with Crippen LogP contribution in [0.15, 0.2) is 34.8 Å². The number of aryl methyl sites for hydroxylation is 1. The summed E-state index contributed by atoms with van der Waals surface area (Å²) >= 11 is 1.55. The lowest BCUT2D eigenvalue weighted by molar-refractivity contribution is -0.151. The Balaban J connectivity index is 2.32. The van der Waals surface area contributed by atoms with Gasteiger partial charge in [-0.1, -0.05) is 44.6 Å². The fourth-order valence-corrected chi connectivity index (χ4v) is 4.46. The molecule has 0 amide bonds. The number of ketones is 1. The number of thiazole rings is 1. The highest BCUT2D eigenvalue weighted by atomic mass is 32.1. The minimum absolute atomic E-state index is 0.116. The second-order valence-electron chi connectivity index (χ2n) is 9.20. The SMILES string of the molecule is CC1=C\CC(/C(C)=C/c2csc(C)n2)OC(=O)CC(O)C(C)C(=O)C(C)C(O)C(C)C/C=C\1. The van der Waals surface area contributed by atoms with E-state index in [0.29, 0.717) is 12.8 Å². The molecular weight excluding hydrogens is 438 g/mol. The molecule has 0 saturated carbocycles. The molecule has 2 heterocycles. The van der Waals surface area contributed by atoms with E-state index in [9.17, 15) is 19.8 Å². The van der Waals surface area contributed by atoms with Crippen LogP contribution in [0.1, 0.15) is 64.6 Å². The Morgan fingerprint density at radius 2 is 1.85 bits per heavy atom. The number of aliphatic hydroxyl groups is 2. The summed E-state index contributed by atoms with van der Waals surface area (Å²) < 4.78 is 5.74. The van der Waals surface area contributed by atoms with Crippen molar-refractivity contribution in [3.05, 3.63) is 45.5 Å². The topological polar surface area (TPSA) is 96.7 Å². The molecule has 0 saturated heterocycles. The predicted octanol–water partition coefficient (Wildman–Crippen LogP) is 4.65. The molecule has 6 nitrogen and oxygen atoms in total. The smallest absolute Gasteiger partial charge is 0.309 e. The van der Waals surface area contributed by atoms with Gasteiger partial charge in [0.2, 0.25) is 0 Å². The number of carbonyl (C=O) groups is 2. The Morgan fingerprint density at radius 1 is 1.15 bits per heavy atom. The molecule has 1 aliphatic heterocycles. The van der Waals surface area contributed by atoms with Crippen molar-refractivity contribution in [3.8, 4) is 0 Å². The van der Waals surface area contributed by atoms with Crippen molar-refractivity contribution in [3.63, 3.8) is 0 Å². The van der Waals surface area contributed by atoms with Gasteiger partial charge in [0.1, 0.15) is 11.9 Å². The van der Waals surface area contributed by atoms with E-state index < -0.39 is 36.1 Å². The number of cyclic esters (lactones) is 1. The third-order valence-corrected chi connectivity index (χ3v) is 7.07. The number of aromatic nitrogens is 1. The maximum atomic E-state index is 12.8. The van der Waals surface area contributed by atoms with Crippen LogP contribution in [0, 0.1) is 24.7 Å². The average molecular weight is 476 g/mol. The summed E-state index contributed by atoms with van der Waals surface area (Å²) in [6.45, 7) is 11.0. The van der Waals surface area contributed by atoms with Crippen molar-refractivity contribution in [1.29, 1.82) is 0 Å². The van der Waals surface area contributed by atoms with Crippen LogP contribution in [-0.2, 0) is 14.3 Å². The molecule has 0 radical (unpaired) electrons. The highest BCUT2D eigenvalue weighted by Gasteiger charge is 2.33. The molecule has 2 N–H and O–H groups in total. The quantitative estimate of drug-likeness (QED) is 0.604. The minimum atomic E-state index is -1.17. The van der Waals surface area contributed by atoms with Crippen LogP contribution in [0.3, 0.4) is 0 Å². The van der Waals surface area contributed by atoms with Gasteiger partial charge in [-0.3, -0.25) is 9.59 Å². The number of rotatable bonds is 2. The van der Waals surface area contributed by atoms with Crippen LogP contribution >= 0.6 is 11.3 Å². The first-order valence-electron chi connectivity index (χ1n) is 11.5. The van der Waals surface area contributed by atoms with Crippen molar-refractivity contribution < 1.29 is 24.5 Å². The zero-order valence-corrected chi connectivity index (χ0v) is 21.3. The van der Waals surface area contributed by atoms with Gasteiger partial charge in [0.25, 0.3) is 0 Å². The molecule has 6 atom stereocenters. The first-order chi connectivity index (χ1) is 15.5. The highest BCUT2D eigenvalue weighted by Crippen LogP contribution is 2.24. The molecule has 1 aliphatic rings. The minimum Gasteiger partial charge on any atom is -0.457 e. The molecule has 1 aromatic heterocycles. The fraction of sp³-hybridized carbons (Fsp3) is 0.577. The van der Waals surface area contributed by atoms with Crippen LogP contribution < -0.4 is 0 Å². The van der Waals surface area contributed by atoms with E-state index in [2.05, 4.69) is 4.98 Å². The molecular formula is C26H37NO5S. The van der Waals surface area contributed by atoms with Crippen molar-refractivity contribution in [2.75, 3.05) is 0 Å². The van der Waals surface area contributed by atoms with Gasteiger partial charge < -0.3 is 14.9 Å². The van der Waals surface area contributed by atoms with Gasteiger partial charge in [0.15, 0.2) is 0 Å². The normalized spacial score (nSPS) is 33.8. The van der Waals surface area contributed by atoms with E-state index in [1.807, 2.05) is 57.4 Å². The first kappa shape index (κ1) is 27.2. The molecule has 0 bridgehead atoms. The average Bonchev–Trinajstić information content (AvgIpc) is 3.17. The number of hydrogen-bond acceptors (Lipinski definition) is 7. The summed E-state index contributed by atoms with van der Waals surface area (Å²) in [5.74, 6) is -2.36. The third kappa shape index (κ3) is 8.02. The van der Waals surface area contributed by atoms with E-state index >= 15 is 0 Å². The van der Waals surface area contributed by atoms with Crippen LogP contribution in [0.4, 0.5) is 0 Å². The summed E-state index contributed by atoms with van der Waals surface area (Å²) in [6, 6.07) is 0. The third-order valence-electron chi connectivity index (χ3n) is 6.28. The first-order valence-corrected chi connectivity index (χ1v) is 12.4. The second-order valence-corrected chi connectivity index (χ2v) is 10.3. The molecule has 7 heteroatoms. The van der Waals surface area contributed by atoms with E-state index in [4.69, 9.17) is 4.74 Å². The van der Waals surface area contributed by atoms with Gasteiger partial charge in [0.05, 0.1) is 29.3 Å². The molecule has 0 spiro atoms. The standard InChI is InChI=1S/C26H37NO5S/c1-15-8-7-9-16(2)25(30)19(5)26(31)18(4)22(28)13-24(29)32-23(11-10-15)17(3)12-21-14-33-20(6)27-21/h7-8,10,12,14,16,18-19,22-23,25,28,30H,9,11,13H2,1-6H3/b8-7-,15-10+,17-12+. The van der Waals surface area contributed by atoms with Crippen LogP contribution in [0.25, 0.3) is 6.08 Å². The van der Waals surface area contributed by atoms with Crippen molar-refractivity contribution in [2.45, 2.75) is 79.1 Å². The van der Waals surface area contributed by atoms with Gasteiger partial charge in [-0.25, -0.2) is 4.98 Å². The van der Waals surface area contributed by atoms with Gasteiger partial charge in [-0.15, -0.1) is 11.3 Å². The summed E-state index contributed by atoms with van der Waals surface area (Å²) in [5.41, 5.74) is 2.69. The molecule has 2 rings (SSSR count). The number of esters is 1. The Hall–Kier alpha value is -2.09. The van der Waals surface area contributed by atoms with E-state index in [1.54, 1.807) is 25.2 Å². The van der Waals surface area contributed by atoms with Gasteiger partial charge in [-0.05, 0) is 44.8 Å². The summed E-state index contributed by atoms with van der Waals surface area (Å²) in [7, 11) is 0. The number of ether oxygens (including phenoxy) is 1. The van der Waals surface area contributed by atoms with Gasteiger partial charge in [-0.2, -0.15) is 0 Å². The Kier molecular flexibility index (Phi) is 10.2. The van der Waals surface area contributed by atoms with Crippen molar-refractivity contribution in [1.82, 2.24) is 4.98 Å². The number of nitrogens with zero attached hydrogens (tertiary/aromatic N) is 1. The Labute approximate surface area is 201 Å². The highest BCUT2D eigenvalue weighted by molar-refractivity contribution is 7.09. The maximum absolute atomic E-state index is 12.8.